The highest BCUT2D eigenvalue weighted by Crippen LogP contribution is 2.19. The highest BCUT2D eigenvalue weighted by Gasteiger charge is 2.18. The number of hydrogen-bond donors (Lipinski definition) is 2. The van der Waals surface area contributed by atoms with Gasteiger partial charge in [-0.25, -0.2) is 0 Å². The summed E-state index contributed by atoms with van der Waals surface area (Å²) in [6, 6.07) is 3.36. The van der Waals surface area contributed by atoms with Crippen molar-refractivity contribution in [3.63, 3.8) is 0 Å². The minimum atomic E-state index is -0.193. The van der Waals surface area contributed by atoms with Crippen LogP contribution in [0.3, 0.4) is 0 Å². The summed E-state index contributed by atoms with van der Waals surface area (Å²) in [5, 5.41) is 2.83. The molecule has 1 aromatic rings. The summed E-state index contributed by atoms with van der Waals surface area (Å²) < 4.78 is 5.28. The number of furan rings is 1. The molecular weight excluding hydrogens is 224 g/mol. The number of hydrogen-bond acceptors (Lipinski definition) is 4. The van der Waals surface area contributed by atoms with Crippen molar-refractivity contribution in [1.29, 1.82) is 0 Å². The van der Waals surface area contributed by atoms with Gasteiger partial charge in [-0.3, -0.25) is 4.79 Å². The molecule has 0 saturated heterocycles. The van der Waals surface area contributed by atoms with Crippen LogP contribution in [0.1, 0.15) is 30.2 Å². The Labute approximate surface area is 100.0 Å². The third-order valence-corrected chi connectivity index (χ3v) is 3.56. The van der Waals surface area contributed by atoms with E-state index < -0.39 is 0 Å². The van der Waals surface area contributed by atoms with Crippen LogP contribution in [0.15, 0.2) is 16.5 Å². The third kappa shape index (κ3) is 3.57. The van der Waals surface area contributed by atoms with Crippen LogP contribution >= 0.6 is 11.8 Å². The van der Waals surface area contributed by atoms with Gasteiger partial charge in [0, 0.05) is 11.3 Å². The molecule has 4 nitrogen and oxygen atoms in total. The maximum absolute atomic E-state index is 11.7. The van der Waals surface area contributed by atoms with E-state index in [1.165, 1.54) is 0 Å². The maximum Gasteiger partial charge on any atom is 0.287 e. The summed E-state index contributed by atoms with van der Waals surface area (Å²) in [5.74, 6) is 0.744. The Morgan fingerprint density at radius 1 is 1.56 bits per heavy atom. The second kappa shape index (κ2) is 5.41. The molecule has 0 aliphatic rings. The zero-order chi connectivity index (χ0) is 12.2. The average molecular weight is 242 g/mol. The molecule has 0 saturated carbocycles. The van der Waals surface area contributed by atoms with Crippen LogP contribution < -0.4 is 11.1 Å². The van der Waals surface area contributed by atoms with Crippen molar-refractivity contribution in [3.8, 4) is 0 Å². The highest BCUT2D eigenvalue weighted by atomic mass is 32.2. The lowest BCUT2D eigenvalue weighted by molar-refractivity contribution is 0.0921. The molecule has 90 valence electrons. The number of carbonyl (C=O) groups excluding carboxylic acids is 1. The molecule has 1 amide bonds. The standard InChI is InChI=1S/C11H18N2O2S/c1-11(2,16-3)7-13-10(14)9-5-4-8(6-12)15-9/h4-5H,6-7,12H2,1-3H3,(H,13,14). The maximum atomic E-state index is 11.7. The molecule has 0 bridgehead atoms. The van der Waals surface area contributed by atoms with Crippen LogP contribution in [0.5, 0.6) is 0 Å². The predicted molar refractivity (Wildman–Crippen MR) is 66.5 cm³/mol. The molecule has 5 heteroatoms. The largest absolute Gasteiger partial charge is 0.455 e. The first-order valence-electron chi connectivity index (χ1n) is 5.10. The number of carbonyl (C=O) groups is 1. The first kappa shape index (κ1) is 13.1. The van der Waals surface area contributed by atoms with Crippen LogP contribution in [-0.4, -0.2) is 23.5 Å². The minimum Gasteiger partial charge on any atom is -0.455 e. The molecule has 1 rings (SSSR count). The lowest BCUT2D eigenvalue weighted by Crippen LogP contribution is -2.35. The molecule has 0 spiro atoms. The van der Waals surface area contributed by atoms with Crippen LogP contribution in [-0.2, 0) is 6.54 Å². The lowest BCUT2D eigenvalue weighted by Gasteiger charge is -2.21. The van der Waals surface area contributed by atoms with Crippen molar-refractivity contribution < 1.29 is 9.21 Å². The van der Waals surface area contributed by atoms with Gasteiger partial charge >= 0.3 is 0 Å². The summed E-state index contributed by atoms with van der Waals surface area (Å²) >= 11 is 1.71. The summed E-state index contributed by atoms with van der Waals surface area (Å²) in [5.41, 5.74) is 5.40. The van der Waals surface area contributed by atoms with Gasteiger partial charge < -0.3 is 15.5 Å². The van der Waals surface area contributed by atoms with Crippen LogP contribution in [0.2, 0.25) is 0 Å². The molecule has 0 atom stereocenters. The number of nitrogens with one attached hydrogen (secondary N) is 1. The summed E-state index contributed by atoms with van der Waals surface area (Å²) in [6.07, 6.45) is 2.02. The second-order valence-corrected chi connectivity index (χ2v) is 5.63. The molecule has 0 fully saturated rings. The quantitative estimate of drug-likeness (QED) is 0.823. The summed E-state index contributed by atoms with van der Waals surface area (Å²) in [6.45, 7) is 5.06. The molecular formula is C11H18N2O2S. The van der Waals surface area contributed by atoms with Gasteiger partial charge in [0.15, 0.2) is 5.76 Å². The fraction of sp³-hybridized carbons (Fsp3) is 0.545. The van der Waals surface area contributed by atoms with E-state index in [-0.39, 0.29) is 10.7 Å². The van der Waals surface area contributed by atoms with Crippen LogP contribution in [0, 0.1) is 0 Å². The fourth-order valence-electron chi connectivity index (χ4n) is 1.06. The zero-order valence-corrected chi connectivity index (χ0v) is 10.7. The minimum absolute atomic E-state index is 0.0267. The van der Waals surface area contributed by atoms with Crippen LogP contribution in [0.25, 0.3) is 0 Å². The molecule has 0 unspecified atom stereocenters. The van der Waals surface area contributed by atoms with Crippen molar-refractivity contribution >= 4 is 17.7 Å². The van der Waals surface area contributed by atoms with Crippen molar-refractivity contribution in [2.45, 2.75) is 25.1 Å². The van der Waals surface area contributed by atoms with Gasteiger partial charge in [0.1, 0.15) is 5.76 Å². The Kier molecular flexibility index (Phi) is 4.44. The molecule has 1 heterocycles. The number of nitrogens with two attached hydrogens (primary N) is 1. The van der Waals surface area contributed by atoms with Crippen LogP contribution in [0.4, 0.5) is 0 Å². The van der Waals surface area contributed by atoms with E-state index in [2.05, 4.69) is 19.2 Å². The topological polar surface area (TPSA) is 68.3 Å². The Morgan fingerprint density at radius 3 is 2.75 bits per heavy atom. The van der Waals surface area contributed by atoms with E-state index in [1.54, 1.807) is 23.9 Å². The Hall–Kier alpha value is -0.940. The van der Waals surface area contributed by atoms with Gasteiger partial charge in [-0.05, 0) is 32.2 Å². The Bertz CT molecular complexity index is 361. The Morgan fingerprint density at radius 2 is 2.25 bits per heavy atom. The highest BCUT2D eigenvalue weighted by molar-refractivity contribution is 7.99. The normalized spacial score (nSPS) is 11.5. The van der Waals surface area contributed by atoms with Gasteiger partial charge in [0.05, 0.1) is 6.54 Å². The number of amides is 1. The third-order valence-electron chi connectivity index (χ3n) is 2.31. The Balaban J connectivity index is 2.53. The number of thioether (sulfide) groups is 1. The predicted octanol–water partition coefficient (Wildman–Crippen LogP) is 1.61. The second-order valence-electron chi connectivity index (χ2n) is 4.12. The first-order chi connectivity index (χ1) is 7.48. The van der Waals surface area contributed by atoms with E-state index in [9.17, 15) is 4.79 Å². The molecule has 3 N–H and O–H groups in total. The fourth-order valence-corrected chi connectivity index (χ4v) is 1.28. The summed E-state index contributed by atoms with van der Waals surface area (Å²) in [4.78, 5) is 11.7. The molecule has 0 aliphatic heterocycles. The van der Waals surface area contributed by atoms with Crippen molar-refractivity contribution in [1.82, 2.24) is 5.32 Å². The van der Waals surface area contributed by atoms with Gasteiger partial charge in [-0.1, -0.05) is 0 Å². The van der Waals surface area contributed by atoms with Crippen molar-refractivity contribution in [2.75, 3.05) is 12.8 Å². The van der Waals surface area contributed by atoms with Gasteiger partial charge in [-0.2, -0.15) is 11.8 Å². The van der Waals surface area contributed by atoms with Gasteiger partial charge in [-0.15, -0.1) is 0 Å². The number of rotatable bonds is 5. The van der Waals surface area contributed by atoms with E-state index in [0.717, 1.165) is 0 Å². The van der Waals surface area contributed by atoms with E-state index in [1.807, 2.05) is 6.26 Å². The van der Waals surface area contributed by atoms with E-state index in [0.29, 0.717) is 24.6 Å². The van der Waals surface area contributed by atoms with E-state index in [4.69, 9.17) is 10.2 Å². The molecule has 16 heavy (non-hydrogen) atoms. The average Bonchev–Trinajstić information content (AvgIpc) is 2.74. The molecule has 0 aliphatic carbocycles. The lowest BCUT2D eigenvalue weighted by atomic mass is 10.2. The smallest absolute Gasteiger partial charge is 0.287 e. The molecule has 0 aromatic carbocycles. The molecule has 1 aromatic heterocycles. The van der Waals surface area contributed by atoms with Crippen molar-refractivity contribution in [2.24, 2.45) is 5.73 Å². The SMILES string of the molecule is CSC(C)(C)CNC(=O)c1ccc(CN)o1. The zero-order valence-electron chi connectivity index (χ0n) is 9.87. The molecule has 0 radical (unpaired) electrons. The monoisotopic (exact) mass is 242 g/mol. The first-order valence-corrected chi connectivity index (χ1v) is 6.33. The summed E-state index contributed by atoms with van der Waals surface area (Å²) in [7, 11) is 0. The van der Waals surface area contributed by atoms with Gasteiger partial charge in [0.2, 0.25) is 0 Å². The van der Waals surface area contributed by atoms with Gasteiger partial charge in [0.25, 0.3) is 5.91 Å². The van der Waals surface area contributed by atoms with E-state index >= 15 is 0 Å². The van der Waals surface area contributed by atoms with Crippen molar-refractivity contribution in [3.05, 3.63) is 23.7 Å².